The number of hydrogen-bond donors (Lipinski definition) is 2. The van der Waals surface area contributed by atoms with Crippen LogP contribution >= 0.6 is 0 Å². The standard InChI is InChI=1S/C25H25F3N2O3/c1-33-24(32)30-20-12-16-8-11-19(13-17(16)14-20)29-23(31)22-5-3-2-4-21(22)15-6-9-18(10-7-15)25(26,27)28/h6-11,13,20H,2-5,12,14H2,1H3,(H,29,31)(H,30,32). The third kappa shape index (κ3) is 5.21. The zero-order valence-electron chi connectivity index (χ0n) is 18.2. The van der Waals surface area contributed by atoms with Crippen molar-refractivity contribution in [1.82, 2.24) is 5.32 Å². The summed E-state index contributed by atoms with van der Waals surface area (Å²) in [7, 11) is 1.32. The summed E-state index contributed by atoms with van der Waals surface area (Å²) in [6.07, 6.45) is -0.536. The van der Waals surface area contributed by atoms with Gasteiger partial charge in [-0.15, -0.1) is 0 Å². The van der Waals surface area contributed by atoms with Crippen LogP contribution in [0.25, 0.3) is 5.57 Å². The number of nitrogens with one attached hydrogen (secondary N) is 2. The number of carbonyl (C=O) groups is 2. The van der Waals surface area contributed by atoms with E-state index in [0.29, 0.717) is 42.5 Å². The SMILES string of the molecule is COC(=O)NC1Cc2ccc(NC(=O)C3=C(c4ccc(C(F)(F)F)cc4)CCCC3)cc2C1. The predicted molar refractivity (Wildman–Crippen MR) is 119 cm³/mol. The van der Waals surface area contributed by atoms with Gasteiger partial charge in [0.05, 0.1) is 12.7 Å². The Labute approximate surface area is 190 Å². The van der Waals surface area contributed by atoms with Crippen LogP contribution in [0, 0.1) is 0 Å². The van der Waals surface area contributed by atoms with Crippen molar-refractivity contribution >= 4 is 23.3 Å². The molecule has 0 heterocycles. The lowest BCUT2D eigenvalue weighted by Crippen LogP contribution is -2.35. The van der Waals surface area contributed by atoms with E-state index < -0.39 is 17.8 Å². The Morgan fingerprint density at radius 1 is 0.970 bits per heavy atom. The lowest BCUT2D eigenvalue weighted by atomic mass is 9.86. The summed E-state index contributed by atoms with van der Waals surface area (Å²) in [6, 6.07) is 10.6. The Hall–Kier alpha value is -3.29. The van der Waals surface area contributed by atoms with Crippen molar-refractivity contribution in [3.05, 3.63) is 70.3 Å². The number of rotatable bonds is 4. The Morgan fingerprint density at radius 2 is 1.67 bits per heavy atom. The van der Waals surface area contributed by atoms with Gasteiger partial charge in [-0.25, -0.2) is 4.79 Å². The molecule has 0 saturated carbocycles. The fraction of sp³-hybridized carbons (Fsp3) is 0.360. The molecule has 0 aliphatic heterocycles. The van der Waals surface area contributed by atoms with E-state index in [1.165, 1.54) is 19.2 Å². The molecule has 2 N–H and O–H groups in total. The molecule has 1 unspecified atom stereocenters. The minimum atomic E-state index is -4.39. The van der Waals surface area contributed by atoms with Gasteiger partial charge in [0.25, 0.3) is 5.91 Å². The van der Waals surface area contributed by atoms with Gasteiger partial charge in [-0.3, -0.25) is 4.79 Å². The predicted octanol–water partition coefficient (Wildman–Crippen LogP) is 5.49. The lowest BCUT2D eigenvalue weighted by molar-refractivity contribution is -0.137. The van der Waals surface area contributed by atoms with Gasteiger partial charge >= 0.3 is 12.3 Å². The lowest BCUT2D eigenvalue weighted by Gasteiger charge is -2.21. The number of alkyl halides is 3. The quantitative estimate of drug-likeness (QED) is 0.636. The number of hydrogen-bond acceptors (Lipinski definition) is 3. The molecule has 2 aromatic rings. The highest BCUT2D eigenvalue weighted by Gasteiger charge is 2.30. The monoisotopic (exact) mass is 458 g/mol. The van der Waals surface area contributed by atoms with Crippen molar-refractivity contribution < 1.29 is 27.5 Å². The largest absolute Gasteiger partial charge is 0.453 e. The fourth-order valence-corrected chi connectivity index (χ4v) is 4.56. The van der Waals surface area contributed by atoms with Gasteiger partial charge in [0.15, 0.2) is 0 Å². The Kier molecular flexibility index (Phi) is 6.44. The smallest absolute Gasteiger partial charge is 0.416 e. The van der Waals surface area contributed by atoms with E-state index in [4.69, 9.17) is 0 Å². The molecule has 0 radical (unpaired) electrons. The summed E-state index contributed by atoms with van der Waals surface area (Å²) in [4.78, 5) is 24.6. The highest BCUT2D eigenvalue weighted by molar-refractivity contribution is 6.09. The average Bonchev–Trinajstić information content (AvgIpc) is 3.20. The normalized spacial score (nSPS) is 18.0. The number of methoxy groups -OCH3 is 1. The molecule has 174 valence electrons. The average molecular weight is 458 g/mol. The van der Waals surface area contributed by atoms with Crippen molar-refractivity contribution in [1.29, 1.82) is 0 Å². The topological polar surface area (TPSA) is 67.4 Å². The molecule has 33 heavy (non-hydrogen) atoms. The number of anilines is 1. The Bertz CT molecular complexity index is 1090. The molecule has 0 fully saturated rings. The summed E-state index contributed by atoms with van der Waals surface area (Å²) in [6.45, 7) is 0. The van der Waals surface area contributed by atoms with Crippen LogP contribution < -0.4 is 10.6 Å². The number of carbonyl (C=O) groups excluding carboxylic acids is 2. The maximum absolute atomic E-state index is 13.1. The number of alkyl carbamates (subject to hydrolysis) is 1. The minimum Gasteiger partial charge on any atom is -0.453 e. The van der Waals surface area contributed by atoms with Crippen LogP contribution in [0.2, 0.25) is 0 Å². The van der Waals surface area contributed by atoms with E-state index in [2.05, 4.69) is 15.4 Å². The zero-order valence-corrected chi connectivity index (χ0v) is 18.2. The van der Waals surface area contributed by atoms with Crippen LogP contribution in [0.3, 0.4) is 0 Å². The van der Waals surface area contributed by atoms with Crippen molar-refractivity contribution in [2.75, 3.05) is 12.4 Å². The molecule has 4 rings (SSSR count). The summed E-state index contributed by atoms with van der Waals surface area (Å²) in [5.41, 5.74) is 4.18. The van der Waals surface area contributed by atoms with Crippen LogP contribution in [-0.4, -0.2) is 25.2 Å². The van der Waals surface area contributed by atoms with E-state index in [1.54, 1.807) is 0 Å². The van der Waals surface area contributed by atoms with Crippen molar-refractivity contribution in [3.8, 4) is 0 Å². The van der Waals surface area contributed by atoms with Crippen LogP contribution in [0.1, 0.15) is 47.9 Å². The van der Waals surface area contributed by atoms with E-state index in [9.17, 15) is 22.8 Å². The number of fused-ring (bicyclic) bond motifs is 1. The van der Waals surface area contributed by atoms with Gasteiger partial charge < -0.3 is 15.4 Å². The zero-order chi connectivity index (χ0) is 23.6. The molecule has 0 saturated heterocycles. The number of ether oxygens (including phenoxy) is 1. The van der Waals surface area contributed by atoms with E-state index in [0.717, 1.165) is 41.7 Å². The third-order valence-electron chi connectivity index (χ3n) is 6.21. The first-order chi connectivity index (χ1) is 15.7. The molecule has 0 spiro atoms. The summed E-state index contributed by atoms with van der Waals surface area (Å²) < 4.78 is 43.4. The second-order valence-corrected chi connectivity index (χ2v) is 8.42. The molecule has 0 bridgehead atoms. The van der Waals surface area contributed by atoms with Crippen LogP contribution in [0.15, 0.2) is 48.0 Å². The molecular formula is C25H25F3N2O3. The molecule has 1 atom stereocenters. The number of amides is 2. The van der Waals surface area contributed by atoms with Crippen molar-refractivity contribution in [2.24, 2.45) is 0 Å². The van der Waals surface area contributed by atoms with Crippen LogP contribution in [0.4, 0.5) is 23.7 Å². The van der Waals surface area contributed by atoms with Gasteiger partial charge in [0.2, 0.25) is 0 Å². The number of allylic oxidation sites excluding steroid dienone is 1. The van der Waals surface area contributed by atoms with Gasteiger partial charge in [-0.05, 0) is 85.1 Å². The van der Waals surface area contributed by atoms with Crippen LogP contribution in [-0.2, 0) is 28.5 Å². The van der Waals surface area contributed by atoms with E-state index in [-0.39, 0.29) is 11.9 Å². The molecule has 5 nitrogen and oxygen atoms in total. The molecule has 2 aromatic carbocycles. The van der Waals surface area contributed by atoms with Gasteiger partial charge in [-0.1, -0.05) is 18.2 Å². The van der Waals surface area contributed by atoms with E-state index >= 15 is 0 Å². The number of halogens is 3. The maximum Gasteiger partial charge on any atom is 0.416 e. The fourth-order valence-electron chi connectivity index (χ4n) is 4.56. The summed E-state index contributed by atoms with van der Waals surface area (Å²) in [5.74, 6) is -0.230. The van der Waals surface area contributed by atoms with Gasteiger partial charge in [-0.2, -0.15) is 13.2 Å². The number of benzene rings is 2. The summed E-state index contributed by atoms with van der Waals surface area (Å²) in [5, 5.41) is 5.75. The van der Waals surface area contributed by atoms with Crippen LogP contribution in [0.5, 0.6) is 0 Å². The van der Waals surface area contributed by atoms with Gasteiger partial charge in [0.1, 0.15) is 0 Å². The second-order valence-electron chi connectivity index (χ2n) is 8.42. The first-order valence-corrected chi connectivity index (χ1v) is 10.9. The van der Waals surface area contributed by atoms with E-state index in [1.807, 2.05) is 18.2 Å². The molecular weight excluding hydrogens is 433 g/mol. The highest BCUT2D eigenvalue weighted by Crippen LogP contribution is 2.35. The molecule has 2 amide bonds. The molecule has 2 aliphatic carbocycles. The Morgan fingerprint density at radius 3 is 2.36 bits per heavy atom. The van der Waals surface area contributed by atoms with Crippen molar-refractivity contribution in [3.63, 3.8) is 0 Å². The highest BCUT2D eigenvalue weighted by atomic mass is 19.4. The van der Waals surface area contributed by atoms with Gasteiger partial charge in [0, 0.05) is 17.3 Å². The summed E-state index contributed by atoms with van der Waals surface area (Å²) >= 11 is 0. The molecule has 8 heteroatoms. The second kappa shape index (κ2) is 9.29. The van der Waals surface area contributed by atoms with Crippen molar-refractivity contribution in [2.45, 2.75) is 50.7 Å². The Balaban J connectivity index is 1.51. The first-order valence-electron chi connectivity index (χ1n) is 10.9. The first kappa shape index (κ1) is 22.9. The maximum atomic E-state index is 13.1. The minimum absolute atomic E-state index is 0.0503. The molecule has 0 aromatic heterocycles. The molecule has 2 aliphatic rings. The third-order valence-corrected chi connectivity index (χ3v) is 6.21.